The molecule has 1 aliphatic heterocycles. The van der Waals surface area contributed by atoms with E-state index in [1.54, 1.807) is 12.1 Å². The molecule has 18 heteroatoms. The summed E-state index contributed by atoms with van der Waals surface area (Å²) in [5.74, 6) is -2.02. The molecule has 0 saturated carbocycles. The van der Waals surface area contributed by atoms with Crippen molar-refractivity contribution in [2.24, 2.45) is 0 Å². The number of H-pyrrole nitrogens is 1. The van der Waals surface area contributed by atoms with Crippen LogP contribution < -0.4 is 27.2 Å². The van der Waals surface area contributed by atoms with Gasteiger partial charge in [0.25, 0.3) is 11.5 Å². The number of nitrogens with two attached hydrogens (primary N) is 1. The molecule has 3 aromatic rings. The van der Waals surface area contributed by atoms with Gasteiger partial charge in [0.15, 0.2) is 19.5 Å². The van der Waals surface area contributed by atoms with Crippen molar-refractivity contribution in [3.8, 4) is 0 Å². The van der Waals surface area contributed by atoms with E-state index in [2.05, 4.69) is 35.9 Å². The van der Waals surface area contributed by atoms with Crippen molar-refractivity contribution in [3.63, 3.8) is 0 Å². The van der Waals surface area contributed by atoms with Gasteiger partial charge >= 0.3 is 5.97 Å². The number of ether oxygens (including phenoxy) is 2. The van der Waals surface area contributed by atoms with Gasteiger partial charge in [0.1, 0.15) is 11.8 Å². The molecular weight excluding hydrogens is 717 g/mol. The third-order valence-corrected chi connectivity index (χ3v) is 13.0. The summed E-state index contributed by atoms with van der Waals surface area (Å²) in [5, 5.41) is 18.1. The number of carbonyl (C=O) groups is 4. The Morgan fingerprint density at radius 2 is 1.67 bits per heavy atom. The number of carboxylic acids is 1. The number of ketones is 1. The zero-order chi connectivity index (χ0) is 38.8. The van der Waals surface area contributed by atoms with E-state index in [1.807, 2.05) is 0 Å². The first-order valence-electron chi connectivity index (χ1n) is 18.6. The highest BCUT2D eigenvalue weighted by Gasteiger charge is 2.32. The maximum atomic E-state index is 12.8. The number of carbonyl (C=O) groups excluding carboxylic acids is 3. The first-order valence-corrected chi connectivity index (χ1v) is 21.1. The topological polar surface area (TPSA) is 261 Å². The summed E-state index contributed by atoms with van der Waals surface area (Å²) in [4.78, 5) is 86.4. The normalized spacial score (nSPS) is 14.3. The van der Waals surface area contributed by atoms with Gasteiger partial charge in [0.2, 0.25) is 11.9 Å². The highest BCUT2D eigenvalue weighted by molar-refractivity contribution is 6.72. The quantitative estimate of drug-likeness (QED) is 0.0511. The lowest BCUT2D eigenvalue weighted by atomic mass is 10.1. The van der Waals surface area contributed by atoms with E-state index < -0.39 is 31.8 Å². The molecule has 17 nitrogen and oxygen atoms in total. The number of hydrogen-bond donors (Lipinski definition) is 7. The number of amides is 2. The molecule has 0 bridgehead atoms. The fraction of sp³-hybridized carbons (Fsp3) is 0.556. The fourth-order valence-electron chi connectivity index (χ4n) is 6.16. The number of nitrogens with one attached hydrogen (secondary N) is 4. The van der Waals surface area contributed by atoms with Gasteiger partial charge in [-0.05, 0) is 61.7 Å². The number of aromatic nitrogens is 4. The Morgan fingerprint density at radius 1 is 0.926 bits per heavy atom. The summed E-state index contributed by atoms with van der Waals surface area (Å²) >= 11 is 0. The molecule has 1 saturated heterocycles. The maximum absolute atomic E-state index is 12.8. The molecule has 1 aromatic carbocycles. The number of fused-ring (bicyclic) bond motifs is 1. The van der Waals surface area contributed by atoms with E-state index in [0.29, 0.717) is 57.2 Å². The summed E-state index contributed by atoms with van der Waals surface area (Å²) < 4.78 is 11.0. The van der Waals surface area contributed by atoms with Crippen molar-refractivity contribution in [2.75, 3.05) is 44.0 Å². The van der Waals surface area contributed by atoms with E-state index >= 15 is 0 Å². The summed E-state index contributed by atoms with van der Waals surface area (Å²) in [6.45, 7) is 2.05. The van der Waals surface area contributed by atoms with Crippen LogP contribution in [0, 0.1) is 0 Å². The minimum atomic E-state index is -2.03. The molecule has 0 unspecified atom stereocenters. The van der Waals surface area contributed by atoms with Crippen molar-refractivity contribution < 1.29 is 38.6 Å². The lowest BCUT2D eigenvalue weighted by molar-refractivity contribution is -0.139. The van der Waals surface area contributed by atoms with Crippen LogP contribution in [0.5, 0.6) is 0 Å². The van der Waals surface area contributed by atoms with Gasteiger partial charge in [0.05, 0.1) is 38.3 Å². The molecule has 1 atom stereocenters. The molecular formula is C36H52N8O9Si. The van der Waals surface area contributed by atoms with Gasteiger partial charge in [0, 0.05) is 43.7 Å². The Kier molecular flexibility index (Phi) is 16.9. The average Bonchev–Trinajstić information content (AvgIpc) is 3.15. The average molecular weight is 769 g/mol. The second-order valence-corrected chi connectivity index (χ2v) is 17.5. The molecule has 2 aromatic heterocycles. The predicted octanol–water partition coefficient (Wildman–Crippen LogP) is 2.66. The number of rotatable bonds is 24. The highest BCUT2D eigenvalue weighted by Crippen LogP contribution is 2.30. The standard InChI is InChI=1S/C36H52N8O9Si/c37-36-43-32-31(34(48)44-36)41-27(24-40-32)23-39-26-11-9-25(10-12-26)33(47)42-29(35(49)50)14-13-28(45)7-6-16-52-18-19-53-17-15-38-30(46)8-2-5-22-54(51)20-3-1-4-21-54/h9-12,24,29,39,51H,1-8,13-23H2,(H,38,46)(H,42,47)(H,49,50)(H3,37,40,43,44,48)/t29-/m0/s1. The van der Waals surface area contributed by atoms with Gasteiger partial charge < -0.3 is 41.1 Å². The second-order valence-electron chi connectivity index (χ2n) is 13.5. The second kappa shape index (κ2) is 21.8. The molecule has 54 heavy (non-hydrogen) atoms. The largest absolute Gasteiger partial charge is 0.480 e. The van der Waals surface area contributed by atoms with Gasteiger partial charge in [-0.3, -0.25) is 24.2 Å². The Labute approximate surface area is 314 Å². The molecule has 0 radical (unpaired) electrons. The number of hydrogen-bond acceptors (Lipinski definition) is 13. The van der Waals surface area contributed by atoms with Crippen LogP contribution in [0.15, 0.2) is 35.3 Å². The Hall–Kier alpha value is -4.78. The van der Waals surface area contributed by atoms with Gasteiger partial charge in [-0.25, -0.2) is 14.8 Å². The van der Waals surface area contributed by atoms with E-state index in [4.69, 9.17) is 15.2 Å². The lowest BCUT2D eigenvalue weighted by Crippen LogP contribution is -2.41. The predicted molar refractivity (Wildman–Crippen MR) is 203 cm³/mol. The van der Waals surface area contributed by atoms with Crippen molar-refractivity contribution >= 4 is 54.7 Å². The van der Waals surface area contributed by atoms with Crippen molar-refractivity contribution in [1.29, 1.82) is 0 Å². The minimum Gasteiger partial charge on any atom is -0.480 e. The number of unbranched alkanes of at least 4 members (excludes halogenated alkanes) is 1. The first-order chi connectivity index (χ1) is 26.0. The van der Waals surface area contributed by atoms with Crippen LogP contribution in [0.25, 0.3) is 11.2 Å². The molecule has 3 heterocycles. The zero-order valence-corrected chi connectivity index (χ0v) is 31.6. The number of nitrogens with zero attached hydrogens (tertiary/aromatic N) is 3. The van der Waals surface area contributed by atoms with E-state index in [9.17, 15) is 33.9 Å². The molecule has 0 spiro atoms. The summed E-state index contributed by atoms with van der Waals surface area (Å²) in [5.41, 5.74) is 6.58. The molecule has 1 fully saturated rings. The number of aromatic amines is 1. The van der Waals surface area contributed by atoms with Crippen LogP contribution in [0.3, 0.4) is 0 Å². The Morgan fingerprint density at radius 3 is 2.41 bits per heavy atom. The fourth-order valence-corrected chi connectivity index (χ4v) is 9.64. The summed E-state index contributed by atoms with van der Waals surface area (Å²) in [7, 11) is -2.03. The highest BCUT2D eigenvalue weighted by atomic mass is 28.4. The minimum absolute atomic E-state index is 0.00808. The molecule has 4 rings (SSSR count). The number of benzene rings is 1. The van der Waals surface area contributed by atoms with Gasteiger partial charge in [-0.2, -0.15) is 4.98 Å². The zero-order valence-electron chi connectivity index (χ0n) is 30.6. The van der Waals surface area contributed by atoms with Crippen LogP contribution in [0.1, 0.15) is 80.3 Å². The lowest BCUT2D eigenvalue weighted by Gasteiger charge is -2.29. The van der Waals surface area contributed by atoms with Crippen LogP contribution >= 0.6 is 0 Å². The van der Waals surface area contributed by atoms with Crippen LogP contribution in [-0.2, 0) is 30.4 Å². The van der Waals surface area contributed by atoms with Crippen molar-refractivity contribution in [1.82, 2.24) is 30.6 Å². The summed E-state index contributed by atoms with van der Waals surface area (Å²) in [6, 6.07) is 8.01. The van der Waals surface area contributed by atoms with Gasteiger partial charge in [-0.1, -0.05) is 25.7 Å². The van der Waals surface area contributed by atoms with Crippen LogP contribution in [0.4, 0.5) is 11.6 Å². The van der Waals surface area contributed by atoms with Crippen molar-refractivity contribution in [3.05, 3.63) is 52.1 Å². The van der Waals surface area contributed by atoms with E-state index in [1.165, 1.54) is 24.8 Å². The van der Waals surface area contributed by atoms with Crippen LogP contribution in [0.2, 0.25) is 18.1 Å². The van der Waals surface area contributed by atoms with E-state index in [0.717, 1.165) is 43.8 Å². The van der Waals surface area contributed by atoms with Gasteiger partial charge in [-0.15, -0.1) is 0 Å². The summed E-state index contributed by atoms with van der Waals surface area (Å²) in [6.07, 6.45) is 7.77. The molecule has 294 valence electrons. The van der Waals surface area contributed by atoms with Crippen molar-refractivity contribution in [2.45, 2.75) is 94.9 Å². The monoisotopic (exact) mass is 768 g/mol. The molecule has 2 amide bonds. The Bertz CT molecular complexity index is 1750. The number of carboxylic acid groups (broad SMARTS) is 1. The number of Topliss-reactive ketones (excluding diaryl/α,β-unsaturated/α-hetero) is 1. The first kappa shape index (κ1) is 42.0. The maximum Gasteiger partial charge on any atom is 0.326 e. The van der Waals surface area contributed by atoms with Crippen LogP contribution in [-0.4, -0.2) is 101 Å². The third-order valence-electron chi connectivity index (χ3n) is 9.19. The molecule has 1 aliphatic rings. The Balaban J connectivity index is 1.02. The SMILES string of the molecule is Nc1nc2ncc(CNc3ccc(C(=O)N[C@@H](CCC(=O)CCCOCCOCCNC(=O)CCCC[Si]4(O)CCCCC4)C(=O)O)cc3)nc2c(=O)[nH]1. The number of aliphatic carboxylic acids is 1. The van der Waals surface area contributed by atoms with E-state index in [-0.39, 0.29) is 60.2 Å². The molecule has 0 aliphatic carbocycles. The smallest absolute Gasteiger partial charge is 0.326 e. The molecule has 8 N–H and O–H groups in total. The third kappa shape index (κ3) is 14.6. The number of nitrogen functional groups attached to an aromatic ring is 1. The number of anilines is 2.